The van der Waals surface area contributed by atoms with E-state index in [0.717, 1.165) is 17.8 Å². The van der Waals surface area contributed by atoms with Crippen LogP contribution in [0.3, 0.4) is 0 Å². The fraction of sp³-hybridized carbons (Fsp3) is 0.357. The van der Waals surface area contributed by atoms with Gasteiger partial charge in [0.05, 0.1) is 13.7 Å². The van der Waals surface area contributed by atoms with Gasteiger partial charge in [0.2, 0.25) is 4.38 Å². The summed E-state index contributed by atoms with van der Waals surface area (Å²) in [5.74, 6) is -1.74. The lowest BCUT2D eigenvalue weighted by atomic mass is 10.0. The average molecular weight is 328 g/mol. The first kappa shape index (κ1) is 15.9. The van der Waals surface area contributed by atoms with Gasteiger partial charge in [-0.05, 0) is 48.6 Å². The van der Waals surface area contributed by atoms with Crippen molar-refractivity contribution >= 4 is 40.1 Å². The molecule has 0 aliphatic heterocycles. The van der Waals surface area contributed by atoms with Crippen LogP contribution in [0.25, 0.3) is 0 Å². The minimum absolute atomic E-state index is 0.0875. The molecule has 0 radical (unpaired) electrons. The third kappa shape index (κ3) is 2.80. The molecule has 0 bridgehead atoms. The monoisotopic (exact) mass is 328 g/mol. The van der Waals surface area contributed by atoms with Crippen molar-refractivity contribution in [3.8, 4) is 0 Å². The van der Waals surface area contributed by atoms with Gasteiger partial charge in [-0.25, -0.2) is 4.39 Å². The molecule has 21 heavy (non-hydrogen) atoms. The summed E-state index contributed by atoms with van der Waals surface area (Å²) in [5.41, 5.74) is 0.783. The van der Waals surface area contributed by atoms with Gasteiger partial charge < -0.3 is 9.47 Å². The molecule has 0 saturated heterocycles. The van der Waals surface area contributed by atoms with E-state index in [4.69, 9.17) is 21.7 Å². The van der Waals surface area contributed by atoms with E-state index in [0.29, 0.717) is 12.2 Å². The summed E-state index contributed by atoms with van der Waals surface area (Å²) in [6.45, 7) is 2.08. The summed E-state index contributed by atoms with van der Waals surface area (Å²) in [4.78, 5) is 24.8. The van der Waals surface area contributed by atoms with Crippen LogP contribution in [0.5, 0.6) is 0 Å². The van der Waals surface area contributed by atoms with E-state index in [1.165, 1.54) is 19.2 Å². The Morgan fingerprint density at radius 1 is 1.52 bits per heavy atom. The number of rotatable bonds is 3. The number of carbonyl (C=O) groups is 2. The largest absolute Gasteiger partial charge is 0.479 e. The molecule has 1 aromatic carbocycles. The number of fused-ring (bicyclic) bond motifs is 1. The maximum Gasteiger partial charge on any atom is 0.330 e. The highest BCUT2D eigenvalue weighted by Crippen LogP contribution is 2.42. The molecule has 0 N–H and O–H groups in total. The molecule has 0 fully saturated rings. The predicted molar refractivity (Wildman–Crippen MR) is 81.0 cm³/mol. The van der Waals surface area contributed by atoms with Crippen molar-refractivity contribution in [2.75, 3.05) is 13.7 Å². The summed E-state index contributed by atoms with van der Waals surface area (Å²) in [5, 5.41) is 0. The first-order valence-electron chi connectivity index (χ1n) is 6.22. The second-order valence-corrected chi connectivity index (χ2v) is 6.31. The van der Waals surface area contributed by atoms with E-state index in [9.17, 15) is 14.0 Å². The van der Waals surface area contributed by atoms with E-state index < -0.39 is 22.3 Å². The van der Waals surface area contributed by atoms with E-state index in [1.54, 1.807) is 6.92 Å². The fourth-order valence-electron chi connectivity index (χ4n) is 2.22. The van der Waals surface area contributed by atoms with Crippen LogP contribution in [0.15, 0.2) is 18.2 Å². The normalized spacial score (nSPS) is 20.0. The zero-order valence-electron chi connectivity index (χ0n) is 11.5. The average Bonchev–Trinajstić information content (AvgIpc) is 2.72. The molecule has 1 aliphatic rings. The van der Waals surface area contributed by atoms with Crippen molar-refractivity contribution in [1.29, 1.82) is 0 Å². The van der Waals surface area contributed by atoms with Gasteiger partial charge >= 0.3 is 5.97 Å². The fourth-order valence-corrected chi connectivity index (χ4v) is 3.83. The third-order valence-corrected chi connectivity index (χ3v) is 4.65. The Bertz CT molecular complexity index is 617. The summed E-state index contributed by atoms with van der Waals surface area (Å²) in [6.07, 6.45) is 0.103. The zero-order chi connectivity index (χ0) is 15.6. The molecular weight excluding hydrogens is 315 g/mol. The molecule has 112 valence electrons. The highest BCUT2D eigenvalue weighted by atomic mass is 32.2. The number of ether oxygens (including phenoxy) is 2. The highest BCUT2D eigenvalue weighted by molar-refractivity contribution is 8.24. The Morgan fingerprint density at radius 2 is 2.24 bits per heavy atom. The number of thioether (sulfide) groups is 1. The van der Waals surface area contributed by atoms with Gasteiger partial charge in [0, 0.05) is 12.0 Å². The number of carbonyl (C=O) groups excluding carboxylic acids is 2. The first-order valence-corrected chi connectivity index (χ1v) is 7.44. The predicted octanol–water partition coefficient (Wildman–Crippen LogP) is 2.53. The molecule has 7 heteroatoms. The molecule has 0 aromatic heterocycles. The SMILES string of the molecule is CCOC(=S)SC1(C(=O)OC)Cc2ccc(F)cc2C1=O. The lowest BCUT2D eigenvalue weighted by Gasteiger charge is -2.23. The number of thiocarbonyl (C=S) groups is 1. The van der Waals surface area contributed by atoms with Gasteiger partial charge in [-0.15, -0.1) is 0 Å². The summed E-state index contributed by atoms with van der Waals surface area (Å²) in [6, 6.07) is 3.88. The summed E-state index contributed by atoms with van der Waals surface area (Å²) >= 11 is 5.87. The molecule has 4 nitrogen and oxygen atoms in total. The highest BCUT2D eigenvalue weighted by Gasteiger charge is 2.54. The standard InChI is InChI=1S/C14H13FO4S2/c1-3-19-13(20)21-14(12(17)18-2)7-8-4-5-9(15)6-10(8)11(14)16/h4-6H,3,7H2,1-2H3. The number of hydrogen-bond donors (Lipinski definition) is 0. The molecule has 0 saturated carbocycles. The maximum atomic E-state index is 13.3. The number of Topliss-reactive ketones (excluding diaryl/α,β-unsaturated/α-hetero) is 1. The summed E-state index contributed by atoms with van der Waals surface area (Å²) < 4.78 is 21.8. The van der Waals surface area contributed by atoms with Crippen LogP contribution in [-0.4, -0.2) is 34.6 Å². The molecule has 0 amide bonds. The van der Waals surface area contributed by atoms with E-state index in [1.807, 2.05) is 0 Å². The van der Waals surface area contributed by atoms with Crippen LogP contribution in [0.2, 0.25) is 0 Å². The van der Waals surface area contributed by atoms with Crippen LogP contribution in [-0.2, 0) is 20.7 Å². The van der Waals surface area contributed by atoms with Crippen molar-refractivity contribution in [2.24, 2.45) is 0 Å². The Hall–Kier alpha value is -1.47. The molecule has 2 rings (SSSR count). The molecule has 1 aliphatic carbocycles. The second-order valence-electron chi connectivity index (χ2n) is 4.41. The van der Waals surface area contributed by atoms with Gasteiger partial charge in [-0.1, -0.05) is 6.07 Å². The topological polar surface area (TPSA) is 52.6 Å². The molecular formula is C14H13FO4S2. The number of methoxy groups -OCH3 is 1. The number of esters is 1. The van der Waals surface area contributed by atoms with Crippen LogP contribution in [0.1, 0.15) is 22.8 Å². The lowest BCUT2D eigenvalue weighted by molar-refractivity contribution is -0.141. The van der Waals surface area contributed by atoms with Gasteiger partial charge in [-0.2, -0.15) is 0 Å². The number of benzene rings is 1. The Kier molecular flexibility index (Phi) is 4.63. The Labute approximate surface area is 131 Å². The minimum atomic E-state index is -1.53. The lowest BCUT2D eigenvalue weighted by Crippen LogP contribution is -2.43. The maximum absolute atomic E-state index is 13.3. The Morgan fingerprint density at radius 3 is 2.86 bits per heavy atom. The minimum Gasteiger partial charge on any atom is -0.479 e. The van der Waals surface area contributed by atoms with Crippen LogP contribution in [0, 0.1) is 5.82 Å². The van der Waals surface area contributed by atoms with E-state index in [-0.39, 0.29) is 16.4 Å². The number of hydrogen-bond acceptors (Lipinski definition) is 6. The Balaban J connectivity index is 2.42. The van der Waals surface area contributed by atoms with Gasteiger partial charge in [0.25, 0.3) is 0 Å². The quantitative estimate of drug-likeness (QED) is 0.483. The molecule has 1 aromatic rings. The van der Waals surface area contributed by atoms with Crippen LogP contribution in [0.4, 0.5) is 4.39 Å². The smallest absolute Gasteiger partial charge is 0.330 e. The van der Waals surface area contributed by atoms with Gasteiger partial charge in [-0.3, -0.25) is 9.59 Å². The van der Waals surface area contributed by atoms with E-state index in [2.05, 4.69) is 0 Å². The number of halogens is 1. The second kappa shape index (κ2) is 6.11. The van der Waals surface area contributed by atoms with Gasteiger partial charge in [0.15, 0.2) is 10.5 Å². The van der Waals surface area contributed by atoms with Crippen molar-refractivity contribution in [3.63, 3.8) is 0 Å². The third-order valence-electron chi connectivity index (χ3n) is 3.16. The summed E-state index contributed by atoms with van der Waals surface area (Å²) in [7, 11) is 1.20. The first-order chi connectivity index (χ1) is 9.94. The van der Waals surface area contributed by atoms with E-state index >= 15 is 0 Å². The van der Waals surface area contributed by atoms with Gasteiger partial charge in [0.1, 0.15) is 5.82 Å². The van der Waals surface area contributed by atoms with Crippen molar-refractivity contribution < 1.29 is 23.5 Å². The number of ketones is 1. The van der Waals surface area contributed by atoms with Crippen molar-refractivity contribution in [2.45, 2.75) is 18.1 Å². The molecule has 1 unspecified atom stereocenters. The van der Waals surface area contributed by atoms with Crippen molar-refractivity contribution in [1.82, 2.24) is 0 Å². The molecule has 0 spiro atoms. The zero-order valence-corrected chi connectivity index (χ0v) is 13.1. The van der Waals surface area contributed by atoms with Crippen molar-refractivity contribution in [3.05, 3.63) is 35.1 Å². The van der Waals surface area contributed by atoms with Crippen LogP contribution < -0.4 is 0 Å². The molecule has 0 heterocycles. The molecule has 1 atom stereocenters. The van der Waals surface area contributed by atoms with Crippen LogP contribution >= 0.6 is 24.0 Å².